The monoisotopic (exact) mass is 361 g/mol. The van der Waals surface area contributed by atoms with Crippen molar-refractivity contribution in [3.63, 3.8) is 0 Å². The van der Waals surface area contributed by atoms with E-state index in [-0.39, 0.29) is 36.0 Å². The summed E-state index contributed by atoms with van der Waals surface area (Å²) in [6.07, 6.45) is 0.269. The van der Waals surface area contributed by atoms with E-state index in [1.54, 1.807) is 24.3 Å². The number of sulfone groups is 1. The quantitative estimate of drug-likeness (QED) is 0.815. The molecule has 1 heterocycles. The molecule has 1 saturated heterocycles. The molecule has 0 spiro atoms. The van der Waals surface area contributed by atoms with Crippen LogP contribution in [0.1, 0.15) is 31.7 Å². The normalized spacial score (nSPS) is 21.2. The summed E-state index contributed by atoms with van der Waals surface area (Å²) in [6.45, 7) is 3.59. The highest BCUT2D eigenvalue weighted by molar-refractivity contribution is 7.92. The first-order chi connectivity index (χ1) is 10.7. The highest BCUT2D eigenvalue weighted by Gasteiger charge is 2.38. The van der Waals surface area contributed by atoms with Crippen LogP contribution in [0.5, 0.6) is 0 Å². The van der Waals surface area contributed by atoms with E-state index in [0.29, 0.717) is 5.92 Å². The number of nitrogens with zero attached hydrogens (tertiary/aromatic N) is 1. The number of hydrogen-bond acceptors (Lipinski definition) is 5. The van der Waals surface area contributed by atoms with Gasteiger partial charge in [-0.25, -0.2) is 16.8 Å². The maximum absolute atomic E-state index is 12.8. The van der Waals surface area contributed by atoms with Crippen molar-refractivity contribution >= 4 is 19.9 Å². The summed E-state index contributed by atoms with van der Waals surface area (Å²) >= 11 is 0. The molecule has 0 unspecified atom stereocenters. The Hall–Kier alpha value is -0.960. The van der Waals surface area contributed by atoms with Crippen LogP contribution in [0, 0.1) is 0 Å². The average Bonchev–Trinajstić information content (AvgIpc) is 2.84. The molecule has 0 aromatic heterocycles. The maximum Gasteiger partial charge on any atom is 0.243 e. The van der Waals surface area contributed by atoms with Gasteiger partial charge in [0.1, 0.15) is 0 Å². The van der Waals surface area contributed by atoms with E-state index in [4.69, 9.17) is 0 Å². The largest absolute Gasteiger partial charge is 0.395 e. The summed E-state index contributed by atoms with van der Waals surface area (Å²) < 4.78 is 50.1. The van der Waals surface area contributed by atoms with Gasteiger partial charge < -0.3 is 5.11 Å². The van der Waals surface area contributed by atoms with Crippen molar-refractivity contribution in [2.75, 3.05) is 24.7 Å². The summed E-state index contributed by atoms with van der Waals surface area (Å²) in [4.78, 5) is 0.125. The Morgan fingerprint density at radius 1 is 1.26 bits per heavy atom. The molecule has 1 N–H and O–H groups in total. The third-order valence-corrected chi connectivity index (χ3v) is 7.81. The molecular formula is C15H23NO5S2. The molecular weight excluding hydrogens is 338 g/mol. The second-order valence-electron chi connectivity index (χ2n) is 6.12. The minimum atomic E-state index is -3.83. The second-order valence-corrected chi connectivity index (χ2v) is 10.2. The van der Waals surface area contributed by atoms with E-state index < -0.39 is 25.9 Å². The molecule has 1 aliphatic rings. The van der Waals surface area contributed by atoms with Crippen LogP contribution in [-0.4, -0.2) is 56.9 Å². The number of benzene rings is 1. The van der Waals surface area contributed by atoms with Gasteiger partial charge in [0, 0.05) is 12.6 Å². The van der Waals surface area contributed by atoms with Crippen LogP contribution in [0.25, 0.3) is 0 Å². The first-order valence-corrected chi connectivity index (χ1v) is 10.9. The minimum absolute atomic E-state index is 0.0125. The predicted octanol–water partition coefficient (Wildman–Crippen LogP) is 0.980. The third kappa shape index (κ3) is 4.12. The zero-order valence-corrected chi connectivity index (χ0v) is 15.0. The molecule has 1 atom stereocenters. The van der Waals surface area contributed by atoms with Crippen molar-refractivity contribution in [3.05, 3.63) is 29.8 Å². The van der Waals surface area contributed by atoms with E-state index in [1.165, 1.54) is 0 Å². The van der Waals surface area contributed by atoms with Crippen LogP contribution in [0.15, 0.2) is 29.2 Å². The van der Waals surface area contributed by atoms with Crippen LogP contribution >= 0.6 is 0 Å². The summed E-state index contributed by atoms with van der Waals surface area (Å²) in [5.74, 6) is 0.0952. The molecule has 23 heavy (non-hydrogen) atoms. The van der Waals surface area contributed by atoms with Crippen LogP contribution in [0.3, 0.4) is 0 Å². The zero-order valence-electron chi connectivity index (χ0n) is 13.3. The molecule has 0 bridgehead atoms. The topological polar surface area (TPSA) is 91.8 Å². The molecule has 2 rings (SSSR count). The third-order valence-electron chi connectivity index (χ3n) is 4.09. The van der Waals surface area contributed by atoms with Gasteiger partial charge in [0.25, 0.3) is 0 Å². The van der Waals surface area contributed by atoms with E-state index >= 15 is 0 Å². The SMILES string of the molecule is CC(C)c1ccc(S(=O)(=O)N(CCO)[C@@H]2CCS(=O)(=O)C2)cc1. The molecule has 6 nitrogen and oxygen atoms in total. The Bertz CT molecular complexity index is 739. The number of aliphatic hydroxyl groups excluding tert-OH is 1. The van der Waals surface area contributed by atoms with Crippen molar-refractivity contribution < 1.29 is 21.9 Å². The smallest absolute Gasteiger partial charge is 0.243 e. The molecule has 130 valence electrons. The Morgan fingerprint density at radius 2 is 1.87 bits per heavy atom. The summed E-state index contributed by atoms with van der Waals surface area (Å²) in [6, 6.07) is 6.00. The van der Waals surface area contributed by atoms with Gasteiger partial charge in [-0.05, 0) is 30.0 Å². The van der Waals surface area contributed by atoms with Crippen LogP contribution in [0.4, 0.5) is 0 Å². The van der Waals surface area contributed by atoms with Gasteiger partial charge in [-0.15, -0.1) is 0 Å². The van der Waals surface area contributed by atoms with E-state index in [1.807, 2.05) is 13.8 Å². The fourth-order valence-electron chi connectivity index (χ4n) is 2.76. The van der Waals surface area contributed by atoms with Crippen molar-refractivity contribution in [2.24, 2.45) is 0 Å². The zero-order chi connectivity index (χ0) is 17.3. The molecule has 1 aromatic rings. The molecule has 0 radical (unpaired) electrons. The lowest BCUT2D eigenvalue weighted by Crippen LogP contribution is -2.42. The fourth-order valence-corrected chi connectivity index (χ4v) is 6.23. The van der Waals surface area contributed by atoms with Crippen LogP contribution < -0.4 is 0 Å². The number of sulfonamides is 1. The second kappa shape index (κ2) is 6.88. The highest BCUT2D eigenvalue weighted by Crippen LogP contribution is 2.26. The molecule has 0 saturated carbocycles. The molecule has 1 fully saturated rings. The Balaban J connectivity index is 2.33. The fraction of sp³-hybridized carbons (Fsp3) is 0.600. The first kappa shape index (κ1) is 18.4. The van der Waals surface area contributed by atoms with Gasteiger partial charge in [-0.3, -0.25) is 0 Å². The minimum Gasteiger partial charge on any atom is -0.395 e. The number of aliphatic hydroxyl groups is 1. The molecule has 1 aliphatic heterocycles. The van der Waals surface area contributed by atoms with E-state index in [0.717, 1.165) is 9.87 Å². The summed E-state index contributed by atoms with van der Waals surface area (Å²) in [7, 11) is -7.04. The van der Waals surface area contributed by atoms with Gasteiger partial charge >= 0.3 is 0 Å². The Labute approximate surface area is 138 Å². The van der Waals surface area contributed by atoms with E-state index in [2.05, 4.69) is 0 Å². The van der Waals surface area contributed by atoms with Crippen molar-refractivity contribution in [1.29, 1.82) is 0 Å². The molecule has 8 heteroatoms. The van der Waals surface area contributed by atoms with E-state index in [9.17, 15) is 21.9 Å². The summed E-state index contributed by atoms with van der Waals surface area (Å²) in [5.41, 5.74) is 1.03. The highest BCUT2D eigenvalue weighted by atomic mass is 32.2. The molecule has 0 aliphatic carbocycles. The first-order valence-electron chi connectivity index (χ1n) is 7.60. The van der Waals surface area contributed by atoms with Crippen LogP contribution in [-0.2, 0) is 19.9 Å². The van der Waals surface area contributed by atoms with Crippen molar-refractivity contribution in [3.8, 4) is 0 Å². The van der Waals surface area contributed by atoms with Gasteiger partial charge in [0.05, 0.1) is 23.0 Å². The number of rotatable bonds is 6. The average molecular weight is 361 g/mol. The summed E-state index contributed by atoms with van der Waals surface area (Å²) in [5, 5.41) is 9.20. The lowest BCUT2D eigenvalue weighted by Gasteiger charge is -2.26. The lowest BCUT2D eigenvalue weighted by molar-refractivity contribution is 0.232. The van der Waals surface area contributed by atoms with Gasteiger partial charge in [0.15, 0.2) is 9.84 Å². The Kier molecular flexibility index (Phi) is 5.50. The van der Waals surface area contributed by atoms with Crippen molar-refractivity contribution in [1.82, 2.24) is 4.31 Å². The lowest BCUT2D eigenvalue weighted by atomic mass is 10.0. The molecule has 0 amide bonds. The van der Waals surface area contributed by atoms with Crippen molar-refractivity contribution in [2.45, 2.75) is 37.1 Å². The Morgan fingerprint density at radius 3 is 2.30 bits per heavy atom. The van der Waals surface area contributed by atoms with Gasteiger partial charge in [0.2, 0.25) is 10.0 Å². The van der Waals surface area contributed by atoms with Gasteiger partial charge in [-0.2, -0.15) is 4.31 Å². The number of hydrogen-bond donors (Lipinski definition) is 1. The molecule has 1 aromatic carbocycles. The standard InChI is InChI=1S/C15H23NO5S2/c1-12(2)13-3-5-15(6-4-13)23(20,21)16(8-9-17)14-7-10-22(18,19)11-14/h3-6,12,14,17H,7-11H2,1-2H3/t14-/m1/s1. The predicted molar refractivity (Wildman–Crippen MR) is 88.6 cm³/mol. The van der Waals surface area contributed by atoms with Crippen LogP contribution in [0.2, 0.25) is 0 Å². The van der Waals surface area contributed by atoms with Gasteiger partial charge in [-0.1, -0.05) is 26.0 Å². The maximum atomic E-state index is 12.8.